The SMILES string of the molecule is CN(C)c1ccc(Nc2ccc(C(=O)Nc3ccccc3Cl)cn2)cc1. The number of nitrogens with zero attached hydrogens (tertiary/aromatic N) is 2. The summed E-state index contributed by atoms with van der Waals surface area (Å²) in [6.07, 6.45) is 1.53. The zero-order valence-electron chi connectivity index (χ0n) is 14.5. The zero-order chi connectivity index (χ0) is 18.5. The lowest BCUT2D eigenvalue weighted by Gasteiger charge is -2.13. The highest BCUT2D eigenvalue weighted by Crippen LogP contribution is 2.22. The molecule has 6 heteroatoms. The summed E-state index contributed by atoms with van der Waals surface area (Å²) in [7, 11) is 3.99. The molecule has 1 aromatic heterocycles. The van der Waals surface area contributed by atoms with E-state index < -0.39 is 0 Å². The van der Waals surface area contributed by atoms with Crippen LogP contribution < -0.4 is 15.5 Å². The third kappa shape index (κ3) is 4.32. The number of benzene rings is 2. The molecule has 132 valence electrons. The molecule has 0 saturated carbocycles. The van der Waals surface area contributed by atoms with Gasteiger partial charge in [-0.05, 0) is 48.5 Å². The summed E-state index contributed by atoms with van der Waals surface area (Å²) in [4.78, 5) is 18.6. The van der Waals surface area contributed by atoms with E-state index in [2.05, 4.69) is 15.6 Å². The van der Waals surface area contributed by atoms with Crippen LogP contribution in [0.4, 0.5) is 22.9 Å². The van der Waals surface area contributed by atoms with Crippen LogP contribution >= 0.6 is 11.6 Å². The molecular formula is C20H19ClN4O. The second-order valence-corrected chi connectivity index (χ2v) is 6.34. The van der Waals surface area contributed by atoms with Gasteiger partial charge in [-0.25, -0.2) is 4.98 Å². The first kappa shape index (κ1) is 17.8. The molecule has 3 rings (SSSR count). The number of amides is 1. The Morgan fingerprint density at radius 1 is 1.00 bits per heavy atom. The molecular weight excluding hydrogens is 348 g/mol. The highest BCUT2D eigenvalue weighted by Gasteiger charge is 2.09. The Morgan fingerprint density at radius 3 is 2.35 bits per heavy atom. The second-order valence-electron chi connectivity index (χ2n) is 5.93. The van der Waals surface area contributed by atoms with Crippen LogP contribution in [0.25, 0.3) is 0 Å². The quantitative estimate of drug-likeness (QED) is 0.681. The van der Waals surface area contributed by atoms with Crippen molar-refractivity contribution in [3.05, 3.63) is 77.4 Å². The van der Waals surface area contributed by atoms with Gasteiger partial charge in [0, 0.05) is 31.7 Å². The molecule has 0 aliphatic rings. The van der Waals surface area contributed by atoms with E-state index >= 15 is 0 Å². The maximum atomic E-state index is 12.3. The first-order chi connectivity index (χ1) is 12.5. The van der Waals surface area contributed by atoms with E-state index in [0.717, 1.165) is 11.4 Å². The minimum absolute atomic E-state index is 0.257. The largest absolute Gasteiger partial charge is 0.378 e. The number of hydrogen-bond donors (Lipinski definition) is 2. The predicted octanol–water partition coefficient (Wildman–Crippen LogP) is 4.80. The lowest BCUT2D eigenvalue weighted by Crippen LogP contribution is -2.12. The molecule has 0 fully saturated rings. The number of para-hydroxylation sites is 1. The van der Waals surface area contributed by atoms with E-state index in [1.807, 2.05) is 55.4 Å². The number of nitrogens with one attached hydrogen (secondary N) is 2. The van der Waals surface area contributed by atoms with Crippen LogP contribution in [0.1, 0.15) is 10.4 Å². The van der Waals surface area contributed by atoms with E-state index in [1.54, 1.807) is 24.3 Å². The number of aromatic nitrogens is 1. The predicted molar refractivity (Wildman–Crippen MR) is 108 cm³/mol. The Labute approximate surface area is 157 Å². The molecule has 3 aromatic rings. The molecule has 0 saturated heterocycles. The van der Waals surface area contributed by atoms with Crippen molar-refractivity contribution in [1.29, 1.82) is 0 Å². The number of carbonyl (C=O) groups is 1. The van der Waals surface area contributed by atoms with Gasteiger partial charge in [-0.2, -0.15) is 0 Å². The van der Waals surface area contributed by atoms with E-state index in [0.29, 0.717) is 22.1 Å². The smallest absolute Gasteiger partial charge is 0.257 e. The average Bonchev–Trinajstić information content (AvgIpc) is 2.64. The van der Waals surface area contributed by atoms with Crippen LogP contribution in [0.15, 0.2) is 66.9 Å². The van der Waals surface area contributed by atoms with Crippen molar-refractivity contribution < 1.29 is 4.79 Å². The van der Waals surface area contributed by atoms with Gasteiger partial charge in [-0.15, -0.1) is 0 Å². The molecule has 1 amide bonds. The highest BCUT2D eigenvalue weighted by molar-refractivity contribution is 6.33. The van der Waals surface area contributed by atoms with E-state index in [-0.39, 0.29) is 5.91 Å². The molecule has 0 aliphatic carbocycles. The summed E-state index contributed by atoms with van der Waals surface area (Å²) in [6, 6.07) is 18.6. The van der Waals surface area contributed by atoms with Gasteiger partial charge in [0.1, 0.15) is 5.82 Å². The Bertz CT molecular complexity index is 892. The average molecular weight is 367 g/mol. The van der Waals surface area contributed by atoms with Crippen LogP contribution in [-0.4, -0.2) is 25.0 Å². The van der Waals surface area contributed by atoms with Crippen molar-refractivity contribution in [2.45, 2.75) is 0 Å². The number of pyridine rings is 1. The van der Waals surface area contributed by atoms with Crippen molar-refractivity contribution in [3.63, 3.8) is 0 Å². The number of carbonyl (C=O) groups excluding carboxylic acids is 1. The molecule has 0 spiro atoms. The number of halogens is 1. The van der Waals surface area contributed by atoms with Crippen LogP contribution in [0.5, 0.6) is 0 Å². The van der Waals surface area contributed by atoms with Gasteiger partial charge in [0.05, 0.1) is 16.3 Å². The Kier molecular flexibility index (Phi) is 5.39. The zero-order valence-corrected chi connectivity index (χ0v) is 15.3. The van der Waals surface area contributed by atoms with Crippen molar-refractivity contribution in [2.75, 3.05) is 29.6 Å². The minimum Gasteiger partial charge on any atom is -0.378 e. The maximum Gasteiger partial charge on any atom is 0.257 e. The first-order valence-corrected chi connectivity index (χ1v) is 8.47. The summed E-state index contributed by atoms with van der Waals surface area (Å²) in [5.41, 5.74) is 3.08. The topological polar surface area (TPSA) is 57.3 Å². The lowest BCUT2D eigenvalue weighted by atomic mass is 10.2. The fraction of sp³-hybridized carbons (Fsp3) is 0.100. The van der Waals surface area contributed by atoms with E-state index in [1.165, 1.54) is 6.20 Å². The fourth-order valence-electron chi connectivity index (χ4n) is 2.35. The molecule has 5 nitrogen and oxygen atoms in total. The van der Waals surface area contributed by atoms with Gasteiger partial charge in [-0.3, -0.25) is 4.79 Å². The molecule has 0 radical (unpaired) electrons. The lowest BCUT2D eigenvalue weighted by molar-refractivity contribution is 0.102. The Hall–Kier alpha value is -3.05. The van der Waals surface area contributed by atoms with Crippen molar-refractivity contribution in [3.8, 4) is 0 Å². The van der Waals surface area contributed by atoms with Gasteiger partial charge < -0.3 is 15.5 Å². The summed E-state index contributed by atoms with van der Waals surface area (Å²) < 4.78 is 0. The van der Waals surface area contributed by atoms with Crippen LogP contribution in [-0.2, 0) is 0 Å². The normalized spacial score (nSPS) is 10.3. The molecule has 0 atom stereocenters. The number of rotatable bonds is 5. The molecule has 2 N–H and O–H groups in total. The molecule has 1 heterocycles. The van der Waals surface area contributed by atoms with Gasteiger partial charge >= 0.3 is 0 Å². The number of anilines is 4. The maximum absolute atomic E-state index is 12.3. The van der Waals surface area contributed by atoms with Gasteiger partial charge in [0.2, 0.25) is 0 Å². The standard InChI is InChI=1S/C20H19ClN4O/c1-25(2)16-10-8-15(9-11-16)23-19-12-7-14(13-22-19)20(26)24-18-6-4-3-5-17(18)21/h3-13H,1-2H3,(H,22,23)(H,24,26). The van der Waals surface area contributed by atoms with Gasteiger partial charge in [-0.1, -0.05) is 23.7 Å². The van der Waals surface area contributed by atoms with Gasteiger partial charge in [0.25, 0.3) is 5.91 Å². The monoisotopic (exact) mass is 366 g/mol. The molecule has 0 unspecified atom stereocenters. The van der Waals surface area contributed by atoms with Crippen molar-refractivity contribution in [2.24, 2.45) is 0 Å². The summed E-state index contributed by atoms with van der Waals surface area (Å²) in [5.74, 6) is 0.407. The third-order valence-electron chi connectivity index (χ3n) is 3.80. The highest BCUT2D eigenvalue weighted by atomic mass is 35.5. The van der Waals surface area contributed by atoms with Crippen LogP contribution in [0, 0.1) is 0 Å². The molecule has 2 aromatic carbocycles. The van der Waals surface area contributed by atoms with E-state index in [4.69, 9.17) is 11.6 Å². The molecule has 26 heavy (non-hydrogen) atoms. The van der Waals surface area contributed by atoms with E-state index in [9.17, 15) is 4.79 Å². The molecule has 0 bridgehead atoms. The van der Waals surface area contributed by atoms with Crippen LogP contribution in [0.2, 0.25) is 5.02 Å². The van der Waals surface area contributed by atoms with Crippen molar-refractivity contribution in [1.82, 2.24) is 4.98 Å². The molecule has 0 aliphatic heterocycles. The van der Waals surface area contributed by atoms with Gasteiger partial charge in [0.15, 0.2) is 0 Å². The minimum atomic E-state index is -0.257. The number of hydrogen-bond acceptors (Lipinski definition) is 4. The fourth-order valence-corrected chi connectivity index (χ4v) is 2.53. The Morgan fingerprint density at radius 2 is 1.73 bits per heavy atom. The van der Waals surface area contributed by atoms with Crippen LogP contribution in [0.3, 0.4) is 0 Å². The summed E-state index contributed by atoms with van der Waals surface area (Å²) in [6.45, 7) is 0. The third-order valence-corrected chi connectivity index (χ3v) is 4.13. The first-order valence-electron chi connectivity index (χ1n) is 8.09. The van der Waals surface area contributed by atoms with Crippen molar-refractivity contribution >= 4 is 40.4 Å². The second kappa shape index (κ2) is 7.89. The summed E-state index contributed by atoms with van der Waals surface area (Å²) >= 11 is 6.06. The summed E-state index contributed by atoms with van der Waals surface area (Å²) in [5, 5.41) is 6.48. The Balaban J connectivity index is 1.66.